The van der Waals surface area contributed by atoms with Crippen LogP contribution in [0.5, 0.6) is 0 Å². The van der Waals surface area contributed by atoms with E-state index in [-0.39, 0.29) is 0 Å². The minimum atomic E-state index is 0.573. The number of rotatable bonds is 2. The Morgan fingerprint density at radius 2 is 2.13 bits per heavy atom. The molecular formula is C11H9Cl2NS. The molecule has 1 heterocycles. The lowest BCUT2D eigenvalue weighted by molar-refractivity contribution is 1.17. The zero-order valence-corrected chi connectivity index (χ0v) is 10.5. The Labute approximate surface area is 103 Å². The Morgan fingerprint density at radius 1 is 1.33 bits per heavy atom. The average molecular weight is 258 g/mol. The number of hydrogen-bond donors (Lipinski definition) is 0. The number of halogens is 2. The Kier molecular flexibility index (Phi) is 3.29. The molecule has 0 N–H and O–H groups in total. The maximum absolute atomic E-state index is 6.15. The maximum atomic E-state index is 6.15. The first-order chi connectivity index (χ1) is 7.24. The topological polar surface area (TPSA) is 12.9 Å². The van der Waals surface area contributed by atoms with Crippen LogP contribution in [0.3, 0.4) is 0 Å². The van der Waals surface area contributed by atoms with E-state index < -0.39 is 0 Å². The van der Waals surface area contributed by atoms with Gasteiger partial charge in [0.1, 0.15) is 0 Å². The van der Waals surface area contributed by atoms with Crippen LogP contribution in [0, 0.1) is 0 Å². The van der Waals surface area contributed by atoms with E-state index >= 15 is 0 Å². The molecule has 15 heavy (non-hydrogen) atoms. The highest BCUT2D eigenvalue weighted by atomic mass is 35.5. The quantitative estimate of drug-likeness (QED) is 0.762. The van der Waals surface area contributed by atoms with Crippen LogP contribution < -0.4 is 0 Å². The Balaban J connectivity index is 2.59. The zero-order chi connectivity index (χ0) is 10.8. The first kappa shape index (κ1) is 10.9. The molecule has 0 atom stereocenters. The molecule has 0 aliphatic carbocycles. The molecule has 0 saturated carbocycles. The fourth-order valence-electron chi connectivity index (χ4n) is 1.43. The lowest BCUT2D eigenvalue weighted by Crippen LogP contribution is -1.85. The third-order valence-electron chi connectivity index (χ3n) is 2.17. The minimum Gasteiger partial charge on any atom is -0.244 e. The van der Waals surface area contributed by atoms with Crippen LogP contribution in [0.1, 0.15) is 11.8 Å². The van der Waals surface area contributed by atoms with Gasteiger partial charge in [-0.1, -0.05) is 42.3 Å². The van der Waals surface area contributed by atoms with Crippen LogP contribution in [0.4, 0.5) is 0 Å². The zero-order valence-electron chi connectivity index (χ0n) is 8.13. The standard InChI is InChI=1S/C11H9Cl2NS/c1-2-9-11(14-6-15-9)7-4-3-5-8(12)10(7)13/h3-6H,2H2,1H3. The number of benzene rings is 1. The van der Waals surface area contributed by atoms with Crippen LogP contribution in [-0.4, -0.2) is 4.98 Å². The van der Waals surface area contributed by atoms with Crippen molar-refractivity contribution in [2.45, 2.75) is 13.3 Å². The van der Waals surface area contributed by atoms with Gasteiger partial charge in [0.05, 0.1) is 21.2 Å². The molecule has 1 nitrogen and oxygen atoms in total. The highest BCUT2D eigenvalue weighted by Gasteiger charge is 2.12. The van der Waals surface area contributed by atoms with Crippen molar-refractivity contribution in [1.82, 2.24) is 4.98 Å². The van der Waals surface area contributed by atoms with Crippen LogP contribution in [0.2, 0.25) is 10.0 Å². The van der Waals surface area contributed by atoms with Gasteiger partial charge >= 0.3 is 0 Å². The highest BCUT2D eigenvalue weighted by Crippen LogP contribution is 2.35. The van der Waals surface area contributed by atoms with Gasteiger partial charge in [0.25, 0.3) is 0 Å². The number of aryl methyl sites for hydroxylation is 1. The van der Waals surface area contributed by atoms with Crippen LogP contribution in [-0.2, 0) is 6.42 Å². The van der Waals surface area contributed by atoms with Crippen LogP contribution in [0.25, 0.3) is 11.3 Å². The van der Waals surface area contributed by atoms with E-state index in [0.717, 1.165) is 17.7 Å². The van der Waals surface area contributed by atoms with Crippen molar-refractivity contribution in [2.24, 2.45) is 0 Å². The van der Waals surface area contributed by atoms with Gasteiger partial charge in [0, 0.05) is 10.4 Å². The summed E-state index contributed by atoms with van der Waals surface area (Å²) in [6.45, 7) is 2.11. The first-order valence-corrected chi connectivity index (χ1v) is 6.24. The molecule has 0 amide bonds. The number of nitrogens with zero attached hydrogens (tertiary/aromatic N) is 1. The van der Waals surface area contributed by atoms with Gasteiger partial charge < -0.3 is 0 Å². The maximum Gasteiger partial charge on any atom is 0.0858 e. The summed E-state index contributed by atoms with van der Waals surface area (Å²) in [5, 5.41) is 1.16. The summed E-state index contributed by atoms with van der Waals surface area (Å²) >= 11 is 13.8. The summed E-state index contributed by atoms with van der Waals surface area (Å²) < 4.78 is 0. The SMILES string of the molecule is CCc1scnc1-c1cccc(Cl)c1Cl. The predicted molar refractivity (Wildman–Crippen MR) is 66.9 cm³/mol. The van der Waals surface area contributed by atoms with Crippen molar-refractivity contribution < 1.29 is 0 Å². The predicted octanol–water partition coefficient (Wildman–Crippen LogP) is 4.68. The van der Waals surface area contributed by atoms with Gasteiger partial charge in [0.15, 0.2) is 0 Å². The van der Waals surface area contributed by atoms with Crippen LogP contribution in [0.15, 0.2) is 23.7 Å². The molecule has 0 aliphatic rings. The van der Waals surface area contributed by atoms with E-state index in [4.69, 9.17) is 23.2 Å². The summed E-state index contributed by atoms with van der Waals surface area (Å²) in [6.07, 6.45) is 0.961. The fraction of sp³-hybridized carbons (Fsp3) is 0.182. The molecule has 78 valence electrons. The van der Waals surface area contributed by atoms with E-state index in [0.29, 0.717) is 10.0 Å². The van der Waals surface area contributed by atoms with Crippen molar-refractivity contribution in [3.05, 3.63) is 38.6 Å². The largest absolute Gasteiger partial charge is 0.244 e. The van der Waals surface area contributed by atoms with Gasteiger partial charge in [-0.05, 0) is 12.5 Å². The summed E-state index contributed by atoms with van der Waals surface area (Å²) in [5.41, 5.74) is 3.71. The van der Waals surface area contributed by atoms with Gasteiger partial charge in [0.2, 0.25) is 0 Å². The lowest BCUT2D eigenvalue weighted by Gasteiger charge is -2.04. The van der Waals surface area contributed by atoms with Gasteiger partial charge in [-0.2, -0.15) is 0 Å². The second-order valence-corrected chi connectivity index (χ2v) is 4.80. The van der Waals surface area contributed by atoms with E-state index in [1.807, 2.05) is 17.6 Å². The molecule has 4 heteroatoms. The summed E-state index contributed by atoms with van der Waals surface area (Å²) in [7, 11) is 0. The monoisotopic (exact) mass is 257 g/mol. The number of hydrogen-bond acceptors (Lipinski definition) is 2. The van der Waals surface area contributed by atoms with E-state index in [9.17, 15) is 0 Å². The molecule has 1 aromatic carbocycles. The molecule has 0 fully saturated rings. The first-order valence-electron chi connectivity index (χ1n) is 4.60. The highest BCUT2D eigenvalue weighted by molar-refractivity contribution is 7.10. The molecule has 0 aliphatic heterocycles. The molecule has 1 aromatic heterocycles. The van der Waals surface area contributed by atoms with Gasteiger partial charge in [-0.25, -0.2) is 4.98 Å². The van der Waals surface area contributed by atoms with Crippen LogP contribution >= 0.6 is 34.5 Å². The normalized spacial score (nSPS) is 10.6. The van der Waals surface area contributed by atoms with E-state index in [1.165, 1.54) is 4.88 Å². The third kappa shape index (κ3) is 2.03. The van der Waals surface area contributed by atoms with E-state index in [1.54, 1.807) is 17.4 Å². The van der Waals surface area contributed by atoms with Gasteiger partial charge in [-0.3, -0.25) is 0 Å². The molecular weight excluding hydrogens is 249 g/mol. The second-order valence-electron chi connectivity index (χ2n) is 3.08. The summed E-state index contributed by atoms with van der Waals surface area (Å²) in [4.78, 5) is 5.57. The second kappa shape index (κ2) is 4.52. The van der Waals surface area contributed by atoms with Crippen molar-refractivity contribution in [3.63, 3.8) is 0 Å². The Bertz CT molecular complexity index is 479. The minimum absolute atomic E-state index is 0.573. The molecule has 0 saturated heterocycles. The molecule has 0 radical (unpaired) electrons. The van der Waals surface area contributed by atoms with Crippen molar-refractivity contribution in [3.8, 4) is 11.3 Å². The van der Waals surface area contributed by atoms with Crippen molar-refractivity contribution in [2.75, 3.05) is 0 Å². The van der Waals surface area contributed by atoms with E-state index in [2.05, 4.69) is 11.9 Å². The molecule has 0 spiro atoms. The molecule has 2 aromatic rings. The Morgan fingerprint density at radius 3 is 2.87 bits per heavy atom. The number of aromatic nitrogens is 1. The summed E-state index contributed by atoms with van der Waals surface area (Å²) in [6, 6.07) is 5.62. The van der Waals surface area contributed by atoms with Crippen molar-refractivity contribution in [1.29, 1.82) is 0 Å². The number of thiazole rings is 1. The molecule has 0 unspecified atom stereocenters. The average Bonchev–Trinajstić information content (AvgIpc) is 2.70. The molecule has 0 bridgehead atoms. The third-order valence-corrected chi connectivity index (χ3v) is 3.96. The Hall–Kier alpha value is -0.570. The molecule has 2 rings (SSSR count). The summed E-state index contributed by atoms with van der Waals surface area (Å²) in [5.74, 6) is 0. The lowest BCUT2D eigenvalue weighted by atomic mass is 10.1. The fourth-order valence-corrected chi connectivity index (χ4v) is 2.54. The smallest absolute Gasteiger partial charge is 0.0858 e. The van der Waals surface area contributed by atoms with Gasteiger partial charge in [-0.15, -0.1) is 11.3 Å². The van der Waals surface area contributed by atoms with Crippen molar-refractivity contribution >= 4 is 34.5 Å².